The molecule has 0 aliphatic rings. The van der Waals surface area contributed by atoms with Crippen LogP contribution in [0, 0.1) is 0 Å². The van der Waals surface area contributed by atoms with E-state index in [1.54, 1.807) is 13.2 Å². The maximum atomic E-state index is 12.7. The molecule has 0 bridgehead atoms. The molecule has 1 aromatic rings. The van der Waals surface area contributed by atoms with Crippen LogP contribution in [-0.2, 0) is 21.3 Å². The Hall–Kier alpha value is -0.470. The molecule has 116 valence electrons. The van der Waals surface area contributed by atoms with E-state index in [1.807, 2.05) is 26.3 Å². The predicted octanol–water partition coefficient (Wildman–Crippen LogP) is 1.90. The summed E-state index contributed by atoms with van der Waals surface area (Å²) in [4.78, 5) is 0. The third-order valence-corrected chi connectivity index (χ3v) is 6.65. The third-order valence-electron chi connectivity index (χ3n) is 3.17. The van der Waals surface area contributed by atoms with Gasteiger partial charge in [-0.05, 0) is 37.4 Å². The first-order chi connectivity index (χ1) is 9.47. The molecule has 1 aromatic heterocycles. The largest absolute Gasteiger partial charge is 0.383 e. The molecule has 0 aliphatic heterocycles. The Morgan fingerprint density at radius 2 is 2.20 bits per heavy atom. The zero-order valence-corrected chi connectivity index (χ0v) is 14.2. The van der Waals surface area contributed by atoms with E-state index in [9.17, 15) is 8.42 Å². The molecule has 0 fully saturated rings. The van der Waals surface area contributed by atoms with Gasteiger partial charge in [0.1, 0.15) is 4.21 Å². The minimum absolute atomic E-state index is 0.0370. The van der Waals surface area contributed by atoms with Crippen molar-refractivity contribution < 1.29 is 13.2 Å². The molecule has 20 heavy (non-hydrogen) atoms. The van der Waals surface area contributed by atoms with E-state index in [-0.39, 0.29) is 6.04 Å². The van der Waals surface area contributed by atoms with Gasteiger partial charge in [0.15, 0.2) is 0 Å². The minimum atomic E-state index is -3.44. The summed E-state index contributed by atoms with van der Waals surface area (Å²) in [5.74, 6) is 0. The fourth-order valence-electron chi connectivity index (χ4n) is 1.86. The summed E-state index contributed by atoms with van der Waals surface area (Å²) in [6.07, 6.45) is 0.775. The first-order valence-corrected chi connectivity index (χ1v) is 9.02. The van der Waals surface area contributed by atoms with Crippen LogP contribution in [0.3, 0.4) is 0 Å². The molecule has 1 atom stereocenters. The van der Waals surface area contributed by atoms with Crippen molar-refractivity contribution in [2.75, 3.05) is 27.3 Å². The Morgan fingerprint density at radius 3 is 2.75 bits per heavy atom. The minimum Gasteiger partial charge on any atom is -0.383 e. The Morgan fingerprint density at radius 1 is 1.50 bits per heavy atom. The second-order valence-corrected chi connectivity index (χ2v) is 7.70. The van der Waals surface area contributed by atoms with Crippen LogP contribution in [0.25, 0.3) is 0 Å². The smallest absolute Gasteiger partial charge is 0.252 e. The van der Waals surface area contributed by atoms with Crippen molar-refractivity contribution in [2.24, 2.45) is 0 Å². The van der Waals surface area contributed by atoms with Crippen molar-refractivity contribution in [1.82, 2.24) is 9.62 Å². The van der Waals surface area contributed by atoms with Gasteiger partial charge in [-0.2, -0.15) is 4.31 Å². The van der Waals surface area contributed by atoms with Crippen LogP contribution < -0.4 is 5.32 Å². The van der Waals surface area contributed by atoms with Gasteiger partial charge in [-0.1, -0.05) is 6.92 Å². The van der Waals surface area contributed by atoms with Gasteiger partial charge in [-0.25, -0.2) is 8.42 Å². The highest BCUT2D eigenvalue weighted by molar-refractivity contribution is 7.91. The first-order valence-electron chi connectivity index (χ1n) is 6.70. The van der Waals surface area contributed by atoms with Gasteiger partial charge < -0.3 is 10.1 Å². The lowest BCUT2D eigenvalue weighted by Gasteiger charge is -2.26. The molecule has 1 N–H and O–H groups in total. The van der Waals surface area contributed by atoms with E-state index in [0.29, 0.717) is 23.9 Å². The third kappa shape index (κ3) is 4.26. The second-order valence-electron chi connectivity index (χ2n) is 4.67. The SMILES string of the molecule is CCC(C)N(CCOC)S(=O)(=O)c1cc(CNC)cs1. The monoisotopic (exact) mass is 320 g/mol. The molecule has 0 saturated carbocycles. The molecule has 7 heteroatoms. The highest BCUT2D eigenvalue weighted by atomic mass is 32.2. The summed E-state index contributed by atoms with van der Waals surface area (Å²) < 4.78 is 32.4. The van der Waals surface area contributed by atoms with Gasteiger partial charge in [0.05, 0.1) is 6.61 Å². The normalized spacial score (nSPS) is 13.8. The number of ether oxygens (including phenoxy) is 1. The van der Waals surface area contributed by atoms with E-state index < -0.39 is 10.0 Å². The molecule has 0 saturated heterocycles. The molecule has 1 unspecified atom stereocenters. The van der Waals surface area contributed by atoms with Crippen molar-refractivity contribution in [3.63, 3.8) is 0 Å². The zero-order chi connectivity index (χ0) is 15.2. The van der Waals surface area contributed by atoms with Gasteiger partial charge in [0.2, 0.25) is 0 Å². The van der Waals surface area contributed by atoms with Crippen LogP contribution in [0.1, 0.15) is 25.8 Å². The number of rotatable bonds is 9. The van der Waals surface area contributed by atoms with Crippen molar-refractivity contribution in [3.05, 3.63) is 17.0 Å². The van der Waals surface area contributed by atoms with Crippen LogP contribution >= 0.6 is 11.3 Å². The molecular weight excluding hydrogens is 296 g/mol. The Kier molecular flexibility index (Phi) is 7.11. The molecule has 0 aliphatic carbocycles. The van der Waals surface area contributed by atoms with Crippen LogP contribution in [0.15, 0.2) is 15.7 Å². The number of nitrogens with zero attached hydrogens (tertiary/aromatic N) is 1. The topological polar surface area (TPSA) is 58.6 Å². The fraction of sp³-hybridized carbons (Fsp3) is 0.692. The lowest BCUT2D eigenvalue weighted by atomic mass is 10.3. The van der Waals surface area contributed by atoms with Gasteiger partial charge in [-0.3, -0.25) is 0 Å². The predicted molar refractivity (Wildman–Crippen MR) is 82.6 cm³/mol. The summed E-state index contributed by atoms with van der Waals surface area (Å²) >= 11 is 1.28. The molecule has 0 spiro atoms. The van der Waals surface area contributed by atoms with E-state index >= 15 is 0 Å². The molecule has 0 radical (unpaired) electrons. The molecule has 5 nitrogen and oxygen atoms in total. The molecule has 0 amide bonds. The van der Waals surface area contributed by atoms with Gasteiger partial charge in [0, 0.05) is 26.2 Å². The number of sulfonamides is 1. The summed E-state index contributed by atoms with van der Waals surface area (Å²) in [6, 6.07) is 1.71. The van der Waals surface area contributed by atoms with Crippen LogP contribution in [0.5, 0.6) is 0 Å². The average molecular weight is 320 g/mol. The summed E-state index contributed by atoms with van der Waals surface area (Å²) in [7, 11) is -0.0140. The first kappa shape index (κ1) is 17.6. The number of hydrogen-bond donors (Lipinski definition) is 1. The van der Waals surface area contributed by atoms with Crippen molar-refractivity contribution in [3.8, 4) is 0 Å². The number of methoxy groups -OCH3 is 1. The van der Waals surface area contributed by atoms with Crippen molar-refractivity contribution in [2.45, 2.75) is 37.1 Å². The summed E-state index contributed by atoms with van der Waals surface area (Å²) in [6.45, 7) is 5.37. The Bertz CT molecular complexity index is 499. The van der Waals surface area contributed by atoms with E-state index in [0.717, 1.165) is 12.0 Å². The van der Waals surface area contributed by atoms with Gasteiger partial charge in [-0.15, -0.1) is 11.3 Å². The maximum Gasteiger partial charge on any atom is 0.252 e. The summed E-state index contributed by atoms with van der Waals surface area (Å²) in [5.41, 5.74) is 0.993. The molecule has 1 rings (SSSR count). The number of hydrogen-bond acceptors (Lipinski definition) is 5. The Labute approximate surface area is 126 Å². The fourth-order valence-corrected chi connectivity index (χ4v) is 4.89. The molecule has 0 aromatic carbocycles. The quantitative estimate of drug-likeness (QED) is 0.755. The van der Waals surface area contributed by atoms with Crippen molar-refractivity contribution in [1.29, 1.82) is 0 Å². The maximum absolute atomic E-state index is 12.7. The summed E-state index contributed by atoms with van der Waals surface area (Å²) in [5, 5.41) is 4.91. The zero-order valence-electron chi connectivity index (χ0n) is 12.5. The van der Waals surface area contributed by atoms with Gasteiger partial charge in [0.25, 0.3) is 10.0 Å². The standard InChI is InChI=1S/C13H24N2O3S2/c1-5-11(2)15(6-7-18-4)20(16,17)13-8-12(9-14-3)10-19-13/h8,10-11,14H,5-7,9H2,1-4H3. The van der Waals surface area contributed by atoms with Gasteiger partial charge >= 0.3 is 0 Å². The van der Waals surface area contributed by atoms with Crippen LogP contribution in [-0.4, -0.2) is 46.1 Å². The highest BCUT2D eigenvalue weighted by Crippen LogP contribution is 2.26. The highest BCUT2D eigenvalue weighted by Gasteiger charge is 2.29. The average Bonchev–Trinajstić information content (AvgIpc) is 2.88. The number of thiophene rings is 1. The lowest BCUT2D eigenvalue weighted by Crippen LogP contribution is -2.40. The molecule has 1 heterocycles. The van der Waals surface area contributed by atoms with Crippen LogP contribution in [0.4, 0.5) is 0 Å². The van der Waals surface area contributed by atoms with Crippen molar-refractivity contribution >= 4 is 21.4 Å². The van der Waals surface area contributed by atoms with E-state index in [2.05, 4.69) is 5.32 Å². The Balaban J connectivity index is 3.01. The second kappa shape index (κ2) is 8.09. The van der Waals surface area contributed by atoms with E-state index in [4.69, 9.17) is 4.74 Å². The van der Waals surface area contributed by atoms with E-state index in [1.165, 1.54) is 15.6 Å². The number of nitrogens with one attached hydrogen (secondary N) is 1. The lowest BCUT2D eigenvalue weighted by molar-refractivity contribution is 0.167. The van der Waals surface area contributed by atoms with Crippen LogP contribution in [0.2, 0.25) is 0 Å². The molecular formula is C13H24N2O3S2.